The van der Waals surface area contributed by atoms with E-state index >= 15 is 0 Å². The Morgan fingerprint density at radius 2 is 1.91 bits per heavy atom. The number of carbonyl (C=O) groups excluding carboxylic acids is 1. The van der Waals surface area contributed by atoms with Crippen molar-refractivity contribution < 1.29 is 4.79 Å². The van der Waals surface area contributed by atoms with Gasteiger partial charge in [0.05, 0.1) is 0 Å². The summed E-state index contributed by atoms with van der Waals surface area (Å²) in [6, 6.07) is 0. The molecule has 22 heavy (non-hydrogen) atoms. The second-order valence-electron chi connectivity index (χ2n) is 7.67. The second-order valence-corrected chi connectivity index (χ2v) is 7.67. The average Bonchev–Trinajstić information content (AvgIpc) is 2.54. The molecule has 1 heterocycles. The number of hydrogen-bond donors (Lipinski definition) is 2. The summed E-state index contributed by atoms with van der Waals surface area (Å²) in [6.45, 7) is 7.39. The van der Waals surface area contributed by atoms with Crippen molar-refractivity contribution in [1.82, 2.24) is 10.2 Å². The molecule has 0 bridgehead atoms. The smallest absolute Gasteiger partial charge is 0.220 e. The fraction of sp³-hybridized carbons (Fsp3) is 0.944. The van der Waals surface area contributed by atoms with Gasteiger partial charge in [-0.1, -0.05) is 26.2 Å². The predicted octanol–water partition coefficient (Wildman–Crippen LogP) is 2.52. The van der Waals surface area contributed by atoms with Crippen molar-refractivity contribution in [2.24, 2.45) is 17.1 Å². The van der Waals surface area contributed by atoms with Gasteiger partial charge in [0.15, 0.2) is 0 Å². The van der Waals surface area contributed by atoms with Crippen LogP contribution < -0.4 is 11.1 Å². The summed E-state index contributed by atoms with van der Waals surface area (Å²) in [5, 5.41) is 3.12. The van der Waals surface area contributed by atoms with Crippen molar-refractivity contribution in [3.8, 4) is 0 Å². The van der Waals surface area contributed by atoms with E-state index in [2.05, 4.69) is 17.1 Å². The third-order valence-corrected chi connectivity index (χ3v) is 5.73. The van der Waals surface area contributed by atoms with Crippen LogP contribution >= 0.6 is 0 Å². The lowest BCUT2D eigenvalue weighted by Crippen LogP contribution is -2.39. The maximum atomic E-state index is 12.2. The first-order valence-corrected chi connectivity index (χ1v) is 9.33. The molecule has 1 saturated heterocycles. The monoisotopic (exact) mass is 309 g/mol. The van der Waals surface area contributed by atoms with Gasteiger partial charge in [-0.05, 0) is 69.6 Å². The number of piperidine rings is 1. The molecule has 1 amide bonds. The molecule has 0 unspecified atom stereocenters. The Labute approximate surface area is 136 Å². The van der Waals surface area contributed by atoms with Crippen LogP contribution in [-0.4, -0.2) is 43.5 Å². The number of carbonyl (C=O) groups is 1. The minimum absolute atomic E-state index is 0.0886. The van der Waals surface area contributed by atoms with Crippen molar-refractivity contribution in [2.45, 2.75) is 64.7 Å². The molecule has 0 aromatic carbocycles. The van der Waals surface area contributed by atoms with Crippen LogP contribution in [0.3, 0.4) is 0 Å². The molecule has 2 rings (SSSR count). The number of rotatable bonds is 7. The highest BCUT2D eigenvalue weighted by molar-refractivity contribution is 5.76. The van der Waals surface area contributed by atoms with Crippen LogP contribution in [-0.2, 0) is 4.79 Å². The molecule has 3 N–H and O–H groups in total. The molecule has 128 valence electrons. The normalized spacial score (nSPS) is 23.4. The third kappa shape index (κ3) is 5.54. The zero-order chi connectivity index (χ0) is 15.8. The number of nitrogens with two attached hydrogens (primary N) is 1. The minimum Gasteiger partial charge on any atom is -0.356 e. The molecule has 0 atom stereocenters. The van der Waals surface area contributed by atoms with Crippen LogP contribution in [0.5, 0.6) is 0 Å². The summed E-state index contributed by atoms with van der Waals surface area (Å²) in [6.07, 6.45) is 10.4. The summed E-state index contributed by atoms with van der Waals surface area (Å²) in [7, 11) is 0. The molecule has 4 nitrogen and oxygen atoms in total. The van der Waals surface area contributed by atoms with Gasteiger partial charge in [-0.3, -0.25) is 4.79 Å². The van der Waals surface area contributed by atoms with Gasteiger partial charge in [0, 0.05) is 13.0 Å². The molecule has 1 saturated carbocycles. The lowest BCUT2D eigenvalue weighted by Gasteiger charge is -2.35. The number of hydrogen-bond acceptors (Lipinski definition) is 3. The lowest BCUT2D eigenvalue weighted by atomic mass is 9.71. The van der Waals surface area contributed by atoms with Gasteiger partial charge in [0.1, 0.15) is 0 Å². The van der Waals surface area contributed by atoms with E-state index in [1.54, 1.807) is 0 Å². The van der Waals surface area contributed by atoms with Gasteiger partial charge in [-0.25, -0.2) is 0 Å². The van der Waals surface area contributed by atoms with Crippen molar-refractivity contribution >= 4 is 5.91 Å². The van der Waals surface area contributed by atoms with Gasteiger partial charge < -0.3 is 16.0 Å². The highest BCUT2D eigenvalue weighted by Crippen LogP contribution is 2.38. The Bertz CT molecular complexity index is 331. The molecule has 0 radical (unpaired) electrons. The van der Waals surface area contributed by atoms with E-state index in [9.17, 15) is 4.79 Å². The van der Waals surface area contributed by atoms with Crippen LogP contribution in [0.25, 0.3) is 0 Å². The Balaban J connectivity index is 1.59. The van der Waals surface area contributed by atoms with Gasteiger partial charge in [0.2, 0.25) is 5.91 Å². The maximum Gasteiger partial charge on any atom is 0.220 e. The van der Waals surface area contributed by atoms with E-state index in [1.807, 2.05) is 0 Å². The third-order valence-electron chi connectivity index (χ3n) is 5.73. The zero-order valence-electron chi connectivity index (χ0n) is 14.4. The minimum atomic E-state index is 0.0886. The first-order chi connectivity index (χ1) is 10.6. The zero-order valence-corrected chi connectivity index (χ0v) is 14.4. The summed E-state index contributed by atoms with van der Waals surface area (Å²) >= 11 is 0. The van der Waals surface area contributed by atoms with Crippen molar-refractivity contribution in [3.05, 3.63) is 0 Å². The van der Waals surface area contributed by atoms with Crippen LogP contribution in [0.2, 0.25) is 0 Å². The molecular weight excluding hydrogens is 274 g/mol. The van der Waals surface area contributed by atoms with Crippen LogP contribution in [0.15, 0.2) is 0 Å². The summed E-state index contributed by atoms with van der Waals surface area (Å²) in [4.78, 5) is 14.7. The van der Waals surface area contributed by atoms with Gasteiger partial charge in [-0.15, -0.1) is 0 Å². The van der Waals surface area contributed by atoms with E-state index in [-0.39, 0.29) is 11.3 Å². The maximum absolute atomic E-state index is 12.2. The quantitative estimate of drug-likeness (QED) is 0.711. The van der Waals surface area contributed by atoms with Crippen LogP contribution in [0, 0.1) is 11.3 Å². The number of likely N-dealkylation sites (tertiary alicyclic amines) is 1. The molecule has 0 spiro atoms. The predicted molar refractivity (Wildman–Crippen MR) is 91.7 cm³/mol. The van der Waals surface area contributed by atoms with Gasteiger partial charge in [0.25, 0.3) is 0 Å². The average molecular weight is 309 g/mol. The topological polar surface area (TPSA) is 58.4 Å². The largest absolute Gasteiger partial charge is 0.356 e. The van der Waals surface area contributed by atoms with Crippen molar-refractivity contribution in [2.75, 3.05) is 32.7 Å². The fourth-order valence-electron chi connectivity index (χ4n) is 3.97. The van der Waals surface area contributed by atoms with E-state index in [4.69, 9.17) is 5.73 Å². The molecule has 2 fully saturated rings. The van der Waals surface area contributed by atoms with E-state index < -0.39 is 0 Å². The highest BCUT2D eigenvalue weighted by atomic mass is 16.1. The molecule has 0 aromatic heterocycles. The summed E-state index contributed by atoms with van der Waals surface area (Å²) < 4.78 is 0. The van der Waals surface area contributed by atoms with Crippen LogP contribution in [0.4, 0.5) is 0 Å². The Morgan fingerprint density at radius 1 is 1.23 bits per heavy atom. The van der Waals surface area contributed by atoms with Crippen LogP contribution in [0.1, 0.15) is 64.7 Å². The Morgan fingerprint density at radius 3 is 2.55 bits per heavy atom. The van der Waals surface area contributed by atoms with Crippen molar-refractivity contribution in [1.29, 1.82) is 0 Å². The molecular formula is C18H35N3O. The van der Waals surface area contributed by atoms with Gasteiger partial charge in [-0.2, -0.15) is 0 Å². The second kappa shape index (κ2) is 8.88. The number of nitrogens with zero attached hydrogens (tertiary/aromatic N) is 1. The molecule has 2 aliphatic rings. The molecule has 0 aromatic rings. The Kier molecular flexibility index (Phi) is 7.16. The van der Waals surface area contributed by atoms with Crippen molar-refractivity contribution in [3.63, 3.8) is 0 Å². The highest BCUT2D eigenvalue weighted by Gasteiger charge is 2.32. The van der Waals surface area contributed by atoms with E-state index in [0.29, 0.717) is 13.0 Å². The summed E-state index contributed by atoms with van der Waals surface area (Å²) in [5.41, 5.74) is 6.05. The lowest BCUT2D eigenvalue weighted by molar-refractivity contribution is -0.123. The van der Waals surface area contributed by atoms with Gasteiger partial charge >= 0.3 is 0 Å². The standard InChI is InChI=1S/C18H35N3O/c1-16-6-12-21(13-7-16)11-5-10-20-17(22)14-18(15-19)8-3-2-4-9-18/h16H,2-15,19H2,1H3,(H,20,22). The Hall–Kier alpha value is -0.610. The first kappa shape index (κ1) is 17.7. The molecule has 1 aliphatic heterocycles. The van der Waals surface area contributed by atoms with E-state index in [0.717, 1.165) is 38.3 Å². The molecule has 1 aliphatic carbocycles. The SMILES string of the molecule is CC1CCN(CCCNC(=O)CC2(CN)CCCCC2)CC1. The molecule has 4 heteroatoms. The number of amides is 1. The fourth-order valence-corrected chi connectivity index (χ4v) is 3.97. The summed E-state index contributed by atoms with van der Waals surface area (Å²) in [5.74, 6) is 1.10. The first-order valence-electron chi connectivity index (χ1n) is 9.33. The number of nitrogens with one attached hydrogen (secondary N) is 1. The van der Waals surface area contributed by atoms with E-state index in [1.165, 1.54) is 45.2 Å².